The van der Waals surface area contributed by atoms with Crippen molar-refractivity contribution < 1.29 is 9.53 Å². The number of carbonyl (C=O) groups excluding carboxylic acids is 1. The van der Waals surface area contributed by atoms with Crippen molar-refractivity contribution in [1.29, 1.82) is 0 Å². The molecule has 0 N–H and O–H groups in total. The molecule has 0 amide bonds. The van der Waals surface area contributed by atoms with Crippen LogP contribution in [-0.2, 0) is 9.53 Å². The number of carbonyl (C=O) groups is 1. The molecule has 0 radical (unpaired) electrons. The summed E-state index contributed by atoms with van der Waals surface area (Å²) >= 11 is 0. The van der Waals surface area contributed by atoms with Gasteiger partial charge in [0.25, 0.3) is 0 Å². The highest BCUT2D eigenvalue weighted by Crippen LogP contribution is 2.77. The van der Waals surface area contributed by atoms with E-state index in [2.05, 4.69) is 41.5 Å². The Hall–Kier alpha value is -0.370. The molecule has 0 aromatic carbocycles. The minimum absolute atomic E-state index is 0.0422. The van der Waals surface area contributed by atoms with Crippen LogP contribution in [0.1, 0.15) is 60.8 Å². The Morgan fingerprint density at radius 2 is 1.61 bits per heavy atom. The Labute approximate surface area is 110 Å². The highest BCUT2D eigenvalue weighted by atomic mass is 16.6. The van der Waals surface area contributed by atoms with E-state index in [0.717, 1.165) is 12.8 Å². The molecule has 3 aliphatic rings. The minimum atomic E-state index is -0.478. The van der Waals surface area contributed by atoms with Crippen molar-refractivity contribution in [3.63, 3.8) is 0 Å². The van der Waals surface area contributed by atoms with Crippen molar-refractivity contribution >= 4 is 5.78 Å². The third-order valence-corrected chi connectivity index (χ3v) is 7.15. The van der Waals surface area contributed by atoms with Crippen molar-refractivity contribution in [3.8, 4) is 0 Å². The molecule has 1 saturated heterocycles. The summed E-state index contributed by atoms with van der Waals surface area (Å²) in [6.45, 7) is 13.7. The van der Waals surface area contributed by atoms with Crippen LogP contribution in [0.5, 0.6) is 0 Å². The lowest BCUT2D eigenvalue weighted by atomic mass is 9.44. The van der Waals surface area contributed by atoms with Crippen molar-refractivity contribution in [2.75, 3.05) is 0 Å². The highest BCUT2D eigenvalue weighted by molar-refractivity contribution is 5.94. The predicted octanol–water partition coefficient (Wildman–Crippen LogP) is 3.59. The van der Waals surface area contributed by atoms with Crippen molar-refractivity contribution in [2.24, 2.45) is 22.7 Å². The molecule has 3 rings (SSSR count). The van der Waals surface area contributed by atoms with Crippen LogP contribution < -0.4 is 0 Å². The molecule has 2 heteroatoms. The maximum absolute atomic E-state index is 12.6. The zero-order chi connectivity index (χ0) is 13.6. The molecule has 2 aliphatic carbocycles. The molecule has 4 atom stereocenters. The summed E-state index contributed by atoms with van der Waals surface area (Å²) in [4.78, 5) is 12.6. The SMILES string of the molecule is CC1C(C)C(C)(C)C23OC2(CCCC3=O)C1(C)C. The van der Waals surface area contributed by atoms with E-state index < -0.39 is 5.60 Å². The summed E-state index contributed by atoms with van der Waals surface area (Å²) in [6.07, 6.45) is 2.77. The van der Waals surface area contributed by atoms with Gasteiger partial charge in [-0.25, -0.2) is 0 Å². The van der Waals surface area contributed by atoms with Crippen molar-refractivity contribution in [3.05, 3.63) is 0 Å². The molecule has 1 aliphatic heterocycles. The van der Waals surface area contributed by atoms with Crippen molar-refractivity contribution in [2.45, 2.75) is 72.0 Å². The molecule has 0 aromatic heterocycles. The normalized spacial score (nSPS) is 52.4. The second kappa shape index (κ2) is 3.03. The van der Waals surface area contributed by atoms with Crippen LogP contribution in [0.3, 0.4) is 0 Å². The molecule has 2 saturated carbocycles. The number of rotatable bonds is 0. The molecular formula is C16H26O2. The van der Waals surface area contributed by atoms with E-state index in [1.165, 1.54) is 0 Å². The molecule has 0 spiro atoms. The molecular weight excluding hydrogens is 224 g/mol. The van der Waals surface area contributed by atoms with Gasteiger partial charge in [0.05, 0.1) is 0 Å². The van der Waals surface area contributed by atoms with E-state index in [9.17, 15) is 4.79 Å². The number of hydrogen-bond acceptors (Lipinski definition) is 2. The van der Waals surface area contributed by atoms with Crippen LogP contribution in [0.4, 0.5) is 0 Å². The average Bonchev–Trinajstić information content (AvgIpc) is 3.00. The van der Waals surface area contributed by atoms with Gasteiger partial charge in [0.1, 0.15) is 5.60 Å². The Bertz CT molecular complexity index is 423. The Morgan fingerprint density at radius 1 is 1.06 bits per heavy atom. The summed E-state index contributed by atoms with van der Waals surface area (Å²) in [5, 5.41) is 0. The molecule has 1 heterocycles. The van der Waals surface area contributed by atoms with E-state index in [4.69, 9.17) is 4.74 Å². The van der Waals surface area contributed by atoms with Crippen molar-refractivity contribution in [1.82, 2.24) is 0 Å². The predicted molar refractivity (Wildman–Crippen MR) is 71.3 cm³/mol. The van der Waals surface area contributed by atoms with E-state index in [1.54, 1.807) is 0 Å². The zero-order valence-electron chi connectivity index (χ0n) is 12.6. The Morgan fingerprint density at radius 3 is 2.22 bits per heavy atom. The quantitative estimate of drug-likeness (QED) is 0.615. The first-order valence-electron chi connectivity index (χ1n) is 7.38. The third-order valence-electron chi connectivity index (χ3n) is 7.15. The third kappa shape index (κ3) is 0.941. The van der Waals surface area contributed by atoms with Gasteiger partial charge in [0.2, 0.25) is 0 Å². The fraction of sp³-hybridized carbons (Fsp3) is 0.938. The number of ketones is 1. The van der Waals surface area contributed by atoms with Gasteiger partial charge in [-0.3, -0.25) is 4.79 Å². The second-order valence-corrected chi connectivity index (χ2v) is 7.91. The van der Waals surface area contributed by atoms with E-state index in [0.29, 0.717) is 24.0 Å². The first kappa shape index (κ1) is 12.7. The summed E-state index contributed by atoms with van der Waals surface area (Å²) in [5.74, 6) is 1.45. The molecule has 3 fully saturated rings. The average molecular weight is 250 g/mol. The maximum atomic E-state index is 12.6. The topological polar surface area (TPSA) is 29.6 Å². The Kier molecular flexibility index (Phi) is 2.13. The van der Waals surface area contributed by atoms with Gasteiger partial charge in [-0.1, -0.05) is 41.5 Å². The van der Waals surface area contributed by atoms with Gasteiger partial charge < -0.3 is 4.74 Å². The minimum Gasteiger partial charge on any atom is -0.353 e. The van der Waals surface area contributed by atoms with Crippen LogP contribution in [0.15, 0.2) is 0 Å². The molecule has 4 unspecified atom stereocenters. The van der Waals surface area contributed by atoms with E-state index in [-0.39, 0.29) is 16.4 Å². The van der Waals surface area contributed by atoms with Gasteiger partial charge in [0, 0.05) is 11.8 Å². The Balaban J connectivity index is 2.20. The first-order chi connectivity index (χ1) is 8.15. The lowest BCUT2D eigenvalue weighted by molar-refractivity contribution is -0.137. The van der Waals surface area contributed by atoms with Gasteiger partial charge in [-0.15, -0.1) is 0 Å². The van der Waals surface area contributed by atoms with Gasteiger partial charge in [-0.2, -0.15) is 0 Å². The van der Waals surface area contributed by atoms with Crippen LogP contribution in [0.25, 0.3) is 0 Å². The molecule has 18 heavy (non-hydrogen) atoms. The summed E-state index contributed by atoms with van der Waals surface area (Å²) in [7, 11) is 0. The number of ether oxygens (including phenoxy) is 1. The number of hydrogen-bond donors (Lipinski definition) is 0. The second-order valence-electron chi connectivity index (χ2n) is 7.91. The highest BCUT2D eigenvalue weighted by Gasteiger charge is 2.88. The fourth-order valence-corrected chi connectivity index (χ4v) is 5.28. The lowest BCUT2D eigenvalue weighted by Crippen LogP contribution is -2.63. The van der Waals surface area contributed by atoms with Crippen LogP contribution >= 0.6 is 0 Å². The summed E-state index contributed by atoms with van der Waals surface area (Å²) in [6, 6.07) is 0. The summed E-state index contributed by atoms with van der Waals surface area (Å²) < 4.78 is 6.35. The smallest absolute Gasteiger partial charge is 0.168 e. The van der Waals surface area contributed by atoms with Gasteiger partial charge >= 0.3 is 0 Å². The first-order valence-corrected chi connectivity index (χ1v) is 7.38. The number of epoxide rings is 1. The van der Waals surface area contributed by atoms with Gasteiger partial charge in [0.15, 0.2) is 11.4 Å². The van der Waals surface area contributed by atoms with E-state index >= 15 is 0 Å². The molecule has 2 nitrogen and oxygen atoms in total. The lowest BCUT2D eigenvalue weighted by Gasteiger charge is -2.55. The van der Waals surface area contributed by atoms with E-state index in [1.807, 2.05) is 0 Å². The monoisotopic (exact) mass is 250 g/mol. The van der Waals surface area contributed by atoms with Crippen LogP contribution in [0.2, 0.25) is 0 Å². The van der Waals surface area contributed by atoms with Gasteiger partial charge in [-0.05, 0) is 30.1 Å². The molecule has 102 valence electrons. The maximum Gasteiger partial charge on any atom is 0.168 e. The fourth-order valence-electron chi connectivity index (χ4n) is 5.28. The largest absolute Gasteiger partial charge is 0.353 e. The zero-order valence-corrected chi connectivity index (χ0v) is 12.6. The van der Waals surface area contributed by atoms with Crippen LogP contribution in [-0.4, -0.2) is 17.0 Å². The van der Waals surface area contributed by atoms with Crippen LogP contribution in [0, 0.1) is 22.7 Å². The summed E-state index contributed by atoms with van der Waals surface area (Å²) in [5.41, 5.74) is -0.601. The standard InChI is InChI=1S/C16H26O2/c1-10-11(2)14(5,6)16-12(17)8-7-9-15(16,18-16)13(10,3)4/h10-11H,7-9H2,1-6H3. The molecule has 0 bridgehead atoms. The number of Topliss-reactive ketones (excluding diaryl/α,β-unsaturated/α-hetero) is 1. The molecule has 0 aromatic rings.